The highest BCUT2D eigenvalue weighted by atomic mass is 32.2. The molecule has 0 saturated carbocycles. The van der Waals surface area contributed by atoms with E-state index >= 15 is 0 Å². The van der Waals surface area contributed by atoms with Crippen LogP contribution in [0.25, 0.3) is 0 Å². The molecule has 104 valence electrons. The quantitative estimate of drug-likeness (QED) is 0.712. The third-order valence-corrected chi connectivity index (χ3v) is 5.65. The molecule has 0 atom stereocenters. The zero-order valence-corrected chi connectivity index (χ0v) is 12.5. The molecule has 0 aliphatic rings. The van der Waals surface area contributed by atoms with Crippen molar-refractivity contribution < 1.29 is 5.11 Å². The third-order valence-electron chi connectivity index (χ3n) is 3.32. The minimum atomic E-state index is -0.186. The van der Waals surface area contributed by atoms with Crippen molar-refractivity contribution in [3.05, 3.63) is 90.5 Å². The van der Waals surface area contributed by atoms with E-state index in [4.69, 9.17) is 0 Å². The number of hydrogen-bond donors (Lipinski definition) is 1. The predicted molar refractivity (Wildman–Crippen MR) is 87.4 cm³/mol. The molecule has 0 heterocycles. The first-order chi connectivity index (χ1) is 10.4. The summed E-state index contributed by atoms with van der Waals surface area (Å²) in [6.07, 6.45) is 0. The Bertz CT molecular complexity index is 656. The van der Waals surface area contributed by atoms with Crippen LogP contribution in [0.2, 0.25) is 0 Å². The fourth-order valence-electron chi connectivity index (χ4n) is 2.34. The molecule has 3 aromatic rings. The van der Waals surface area contributed by atoms with Crippen LogP contribution in [0.3, 0.4) is 0 Å². The number of rotatable bonds is 4. The van der Waals surface area contributed by atoms with Gasteiger partial charge in [0.2, 0.25) is 0 Å². The number of hydrogen-bond acceptors (Lipinski definition) is 1. The van der Waals surface area contributed by atoms with Crippen molar-refractivity contribution in [3.8, 4) is 0 Å². The smallest absolute Gasteiger partial charge is 0.172 e. The summed E-state index contributed by atoms with van der Waals surface area (Å²) in [6, 6.07) is 29.1. The summed E-state index contributed by atoms with van der Waals surface area (Å²) in [6.45, 7) is 0.0688. The second-order valence-corrected chi connectivity index (χ2v) is 6.69. The Balaban J connectivity index is 2.17. The summed E-state index contributed by atoms with van der Waals surface area (Å²) < 4.78 is 0. The summed E-state index contributed by atoms with van der Waals surface area (Å²) in [5, 5.41) is 9.67. The SMILES string of the molecule is OCc1ccccc1[S+](c1ccccc1)c1ccccc1. The normalized spacial score (nSPS) is 10.8. The molecule has 3 rings (SSSR count). The topological polar surface area (TPSA) is 20.2 Å². The first-order valence-electron chi connectivity index (χ1n) is 6.93. The van der Waals surface area contributed by atoms with Gasteiger partial charge in [0.05, 0.1) is 17.5 Å². The largest absolute Gasteiger partial charge is 0.391 e. The molecule has 0 amide bonds. The Hall–Kier alpha value is -2.03. The van der Waals surface area contributed by atoms with E-state index in [0.717, 1.165) is 5.56 Å². The molecule has 0 radical (unpaired) electrons. The Morgan fingerprint density at radius 3 is 1.62 bits per heavy atom. The number of aliphatic hydroxyl groups is 1. The maximum absolute atomic E-state index is 9.67. The van der Waals surface area contributed by atoms with Gasteiger partial charge in [-0.1, -0.05) is 54.6 Å². The van der Waals surface area contributed by atoms with Gasteiger partial charge in [0, 0.05) is 5.56 Å². The molecule has 0 aliphatic heterocycles. The maximum Gasteiger partial charge on any atom is 0.172 e. The zero-order chi connectivity index (χ0) is 14.5. The van der Waals surface area contributed by atoms with Gasteiger partial charge in [0.15, 0.2) is 14.7 Å². The van der Waals surface area contributed by atoms with Crippen LogP contribution >= 0.6 is 0 Å². The summed E-state index contributed by atoms with van der Waals surface area (Å²) in [5.41, 5.74) is 0.994. The van der Waals surface area contributed by atoms with Crippen LogP contribution in [-0.2, 0) is 17.5 Å². The lowest BCUT2D eigenvalue weighted by molar-refractivity contribution is 0.279. The lowest BCUT2D eigenvalue weighted by Crippen LogP contribution is -2.07. The highest BCUT2D eigenvalue weighted by molar-refractivity contribution is 7.97. The Morgan fingerprint density at radius 1 is 0.619 bits per heavy atom. The average Bonchev–Trinajstić information content (AvgIpc) is 2.58. The minimum absolute atomic E-state index is 0.0688. The molecule has 3 aromatic carbocycles. The summed E-state index contributed by atoms with van der Waals surface area (Å²) >= 11 is 0. The molecule has 0 saturated heterocycles. The molecule has 2 heteroatoms. The molecule has 1 N–H and O–H groups in total. The molecule has 0 spiro atoms. The van der Waals surface area contributed by atoms with E-state index in [9.17, 15) is 5.11 Å². The van der Waals surface area contributed by atoms with E-state index in [1.165, 1.54) is 14.7 Å². The van der Waals surface area contributed by atoms with Crippen molar-refractivity contribution in [2.45, 2.75) is 21.3 Å². The van der Waals surface area contributed by atoms with Crippen LogP contribution in [0.4, 0.5) is 0 Å². The summed E-state index contributed by atoms with van der Waals surface area (Å²) in [7, 11) is -0.186. The first kappa shape index (κ1) is 13.9. The van der Waals surface area contributed by atoms with E-state index in [1.54, 1.807) is 0 Å². The number of benzene rings is 3. The minimum Gasteiger partial charge on any atom is -0.391 e. The van der Waals surface area contributed by atoms with E-state index < -0.39 is 0 Å². The van der Waals surface area contributed by atoms with Gasteiger partial charge >= 0.3 is 0 Å². The van der Waals surface area contributed by atoms with E-state index in [1.807, 2.05) is 30.3 Å². The van der Waals surface area contributed by atoms with Crippen LogP contribution in [0, 0.1) is 0 Å². The maximum atomic E-state index is 9.67. The van der Waals surface area contributed by atoms with E-state index in [2.05, 4.69) is 54.6 Å². The fraction of sp³-hybridized carbons (Fsp3) is 0.0526. The van der Waals surface area contributed by atoms with Crippen LogP contribution < -0.4 is 0 Å². The molecule has 0 aliphatic carbocycles. The average molecular weight is 293 g/mol. The lowest BCUT2D eigenvalue weighted by atomic mass is 10.2. The molecular weight excluding hydrogens is 276 g/mol. The van der Waals surface area contributed by atoms with Crippen molar-refractivity contribution in [1.82, 2.24) is 0 Å². The molecule has 21 heavy (non-hydrogen) atoms. The third kappa shape index (κ3) is 3.02. The molecule has 0 aromatic heterocycles. The van der Waals surface area contributed by atoms with Gasteiger partial charge in [-0.3, -0.25) is 0 Å². The molecule has 0 bridgehead atoms. The Labute approximate surface area is 128 Å². The Kier molecular flexibility index (Phi) is 4.39. The van der Waals surface area contributed by atoms with E-state index in [-0.39, 0.29) is 17.5 Å². The van der Waals surface area contributed by atoms with Crippen LogP contribution in [0.5, 0.6) is 0 Å². The molecule has 0 unspecified atom stereocenters. The van der Waals surface area contributed by atoms with Crippen LogP contribution in [0.1, 0.15) is 5.56 Å². The van der Waals surface area contributed by atoms with Gasteiger partial charge in [0.1, 0.15) is 0 Å². The monoisotopic (exact) mass is 293 g/mol. The van der Waals surface area contributed by atoms with Gasteiger partial charge in [0.25, 0.3) is 0 Å². The fourth-order valence-corrected chi connectivity index (χ4v) is 4.58. The second kappa shape index (κ2) is 6.61. The van der Waals surface area contributed by atoms with E-state index in [0.29, 0.717) is 0 Å². The molecule has 1 nitrogen and oxygen atoms in total. The predicted octanol–water partition coefficient (Wildman–Crippen LogP) is 4.27. The summed E-state index contributed by atoms with van der Waals surface area (Å²) in [4.78, 5) is 3.73. The highest BCUT2D eigenvalue weighted by Gasteiger charge is 2.30. The van der Waals surface area contributed by atoms with Crippen LogP contribution in [0.15, 0.2) is 99.6 Å². The van der Waals surface area contributed by atoms with Gasteiger partial charge in [-0.25, -0.2) is 0 Å². The van der Waals surface area contributed by atoms with Crippen molar-refractivity contribution in [1.29, 1.82) is 0 Å². The Morgan fingerprint density at radius 2 is 1.10 bits per heavy atom. The van der Waals surface area contributed by atoms with Gasteiger partial charge < -0.3 is 5.11 Å². The number of aliphatic hydroxyl groups excluding tert-OH is 1. The van der Waals surface area contributed by atoms with Crippen LogP contribution in [-0.4, -0.2) is 5.11 Å². The van der Waals surface area contributed by atoms with Crippen molar-refractivity contribution in [3.63, 3.8) is 0 Å². The zero-order valence-electron chi connectivity index (χ0n) is 11.6. The first-order valence-corrected chi connectivity index (χ1v) is 8.16. The second-order valence-electron chi connectivity index (χ2n) is 4.70. The van der Waals surface area contributed by atoms with Crippen molar-refractivity contribution in [2.24, 2.45) is 0 Å². The summed E-state index contributed by atoms with van der Waals surface area (Å²) in [5.74, 6) is 0. The van der Waals surface area contributed by atoms with Crippen molar-refractivity contribution >= 4 is 10.9 Å². The standard InChI is InChI=1S/C19H17OS/c20-15-16-9-7-8-14-19(16)21(17-10-3-1-4-11-17)18-12-5-2-6-13-18/h1-14,20H,15H2/q+1. The lowest BCUT2D eigenvalue weighted by Gasteiger charge is -2.10. The van der Waals surface area contributed by atoms with Gasteiger partial charge in [-0.2, -0.15) is 0 Å². The molecule has 0 fully saturated rings. The van der Waals surface area contributed by atoms with Gasteiger partial charge in [-0.15, -0.1) is 0 Å². The highest BCUT2D eigenvalue weighted by Crippen LogP contribution is 2.32. The molecular formula is C19H17OS+. The van der Waals surface area contributed by atoms with Gasteiger partial charge in [-0.05, 0) is 30.3 Å². The van der Waals surface area contributed by atoms with Crippen molar-refractivity contribution in [2.75, 3.05) is 0 Å².